The Balaban J connectivity index is 1.62. The van der Waals surface area contributed by atoms with Crippen molar-refractivity contribution in [2.45, 2.75) is 44.6 Å². The first-order chi connectivity index (χ1) is 15.3. The molecular formula is C23H28N6O2. The first kappa shape index (κ1) is 20.1. The van der Waals surface area contributed by atoms with Crippen molar-refractivity contribution in [3.63, 3.8) is 0 Å². The molecule has 0 radical (unpaired) electrons. The van der Waals surface area contributed by atoms with Gasteiger partial charge in [0.25, 0.3) is 0 Å². The lowest BCUT2D eigenvalue weighted by atomic mass is 9.95. The highest BCUT2D eigenvalue weighted by molar-refractivity contribution is 5.92. The van der Waals surface area contributed by atoms with Gasteiger partial charge < -0.3 is 14.5 Å². The molecule has 0 spiro atoms. The maximum Gasteiger partial charge on any atom is 0.162 e. The van der Waals surface area contributed by atoms with Gasteiger partial charge in [0.2, 0.25) is 0 Å². The molecule has 5 rings (SSSR count). The smallest absolute Gasteiger partial charge is 0.162 e. The molecular weight excluding hydrogens is 392 g/mol. The Bertz CT molecular complexity index is 1160. The molecule has 3 aromatic heterocycles. The van der Waals surface area contributed by atoms with Crippen LogP contribution in [0.3, 0.4) is 0 Å². The van der Waals surface area contributed by atoms with Crippen molar-refractivity contribution in [1.82, 2.24) is 29.7 Å². The number of aromatic amines is 1. The standard InChI is InChI=1S/C23H28N6O2/c1-30-12-9-29-23-18(14-26-29)21(17-7-8-19-20(13-17)25-15-24-19)27-22(28-23)16-5-2-3-10-31-11-4-6-16/h7-8,13-16H,2-6,9-12H2,1H3,(H,24,25). The summed E-state index contributed by atoms with van der Waals surface area (Å²) < 4.78 is 12.9. The van der Waals surface area contributed by atoms with Crippen molar-refractivity contribution >= 4 is 22.1 Å². The van der Waals surface area contributed by atoms with Crippen molar-refractivity contribution in [2.75, 3.05) is 26.9 Å². The molecule has 4 heterocycles. The van der Waals surface area contributed by atoms with Crippen LogP contribution in [-0.4, -0.2) is 56.6 Å². The van der Waals surface area contributed by atoms with Crippen molar-refractivity contribution in [2.24, 2.45) is 0 Å². The summed E-state index contributed by atoms with van der Waals surface area (Å²) in [5.74, 6) is 1.24. The fourth-order valence-corrected chi connectivity index (χ4v) is 4.33. The van der Waals surface area contributed by atoms with Gasteiger partial charge in [-0.15, -0.1) is 0 Å². The average molecular weight is 421 g/mol. The summed E-state index contributed by atoms with van der Waals surface area (Å²) in [6, 6.07) is 6.22. The number of methoxy groups -OCH3 is 1. The number of benzene rings is 1. The van der Waals surface area contributed by atoms with Gasteiger partial charge in [-0.05, 0) is 37.8 Å². The highest BCUT2D eigenvalue weighted by Crippen LogP contribution is 2.32. The molecule has 1 aliphatic rings. The summed E-state index contributed by atoms with van der Waals surface area (Å²) >= 11 is 0. The van der Waals surface area contributed by atoms with Crippen LogP contribution in [0.5, 0.6) is 0 Å². The lowest BCUT2D eigenvalue weighted by Gasteiger charge is -2.16. The zero-order chi connectivity index (χ0) is 21.0. The second-order valence-corrected chi connectivity index (χ2v) is 8.11. The Morgan fingerprint density at radius 1 is 1.16 bits per heavy atom. The second-order valence-electron chi connectivity index (χ2n) is 8.11. The summed E-state index contributed by atoms with van der Waals surface area (Å²) in [7, 11) is 1.71. The minimum atomic E-state index is 0.325. The molecule has 1 unspecified atom stereocenters. The predicted molar refractivity (Wildman–Crippen MR) is 119 cm³/mol. The van der Waals surface area contributed by atoms with Gasteiger partial charge in [0, 0.05) is 31.8 Å². The van der Waals surface area contributed by atoms with E-state index in [1.54, 1.807) is 13.4 Å². The van der Waals surface area contributed by atoms with Gasteiger partial charge in [0.1, 0.15) is 5.82 Å². The van der Waals surface area contributed by atoms with Crippen LogP contribution in [-0.2, 0) is 16.0 Å². The first-order valence-electron chi connectivity index (χ1n) is 11.1. The number of aromatic nitrogens is 6. The number of H-pyrrole nitrogens is 1. The maximum absolute atomic E-state index is 5.71. The van der Waals surface area contributed by atoms with Crippen LogP contribution in [0.15, 0.2) is 30.7 Å². The quantitative estimate of drug-likeness (QED) is 0.523. The number of imidazole rings is 1. The van der Waals surface area contributed by atoms with Crippen LogP contribution < -0.4 is 0 Å². The second kappa shape index (κ2) is 9.11. The number of hydrogen-bond donors (Lipinski definition) is 1. The molecule has 31 heavy (non-hydrogen) atoms. The number of rotatable bonds is 5. The molecule has 1 atom stereocenters. The normalized spacial score (nSPS) is 18.2. The SMILES string of the molecule is COCCn1ncc2c(-c3ccc4nc[nH]c4c3)nc(C3CCCCOCCC3)nc21. The summed E-state index contributed by atoms with van der Waals surface area (Å²) in [6.07, 6.45) is 8.97. The van der Waals surface area contributed by atoms with Crippen molar-refractivity contribution in [1.29, 1.82) is 0 Å². The van der Waals surface area contributed by atoms with Crippen LogP contribution in [0.2, 0.25) is 0 Å². The van der Waals surface area contributed by atoms with Gasteiger partial charge >= 0.3 is 0 Å². The fraction of sp³-hybridized carbons (Fsp3) is 0.478. The number of hydrogen-bond acceptors (Lipinski definition) is 6. The lowest BCUT2D eigenvalue weighted by Crippen LogP contribution is -2.10. The van der Waals surface area contributed by atoms with Gasteiger partial charge in [-0.25, -0.2) is 19.6 Å². The van der Waals surface area contributed by atoms with Gasteiger partial charge in [0.05, 0.1) is 47.8 Å². The zero-order valence-corrected chi connectivity index (χ0v) is 17.9. The monoisotopic (exact) mass is 420 g/mol. The van der Waals surface area contributed by atoms with Gasteiger partial charge in [-0.3, -0.25) is 0 Å². The van der Waals surface area contributed by atoms with E-state index in [1.807, 2.05) is 16.9 Å². The minimum Gasteiger partial charge on any atom is -0.383 e. The third-order valence-corrected chi connectivity index (χ3v) is 6.01. The molecule has 1 aliphatic heterocycles. The highest BCUT2D eigenvalue weighted by Gasteiger charge is 2.21. The number of fused-ring (bicyclic) bond motifs is 2. The maximum atomic E-state index is 5.71. The Hall–Kier alpha value is -2.84. The Morgan fingerprint density at radius 3 is 3.00 bits per heavy atom. The first-order valence-corrected chi connectivity index (χ1v) is 11.1. The van der Waals surface area contributed by atoms with Crippen LogP contribution in [0.4, 0.5) is 0 Å². The molecule has 1 saturated heterocycles. The molecule has 1 fully saturated rings. The molecule has 0 aliphatic carbocycles. The minimum absolute atomic E-state index is 0.325. The summed E-state index contributed by atoms with van der Waals surface area (Å²) in [6.45, 7) is 2.92. The van der Waals surface area contributed by atoms with Crippen LogP contribution in [0, 0.1) is 0 Å². The lowest BCUT2D eigenvalue weighted by molar-refractivity contribution is 0.130. The summed E-state index contributed by atoms with van der Waals surface area (Å²) in [5, 5.41) is 5.56. The van der Waals surface area contributed by atoms with Crippen molar-refractivity contribution < 1.29 is 9.47 Å². The number of nitrogens with zero attached hydrogens (tertiary/aromatic N) is 5. The molecule has 1 aromatic carbocycles. The Labute approximate surface area is 181 Å². The third kappa shape index (κ3) is 4.18. The molecule has 4 aromatic rings. The topological polar surface area (TPSA) is 90.7 Å². The van der Waals surface area contributed by atoms with Crippen LogP contribution in [0.25, 0.3) is 33.3 Å². The van der Waals surface area contributed by atoms with E-state index in [0.717, 1.165) is 84.5 Å². The van der Waals surface area contributed by atoms with E-state index in [9.17, 15) is 0 Å². The molecule has 8 heteroatoms. The van der Waals surface area contributed by atoms with Gasteiger partial charge in [-0.2, -0.15) is 5.10 Å². The predicted octanol–water partition coefficient (Wildman–Crippen LogP) is 4.08. The summed E-state index contributed by atoms with van der Waals surface area (Å²) in [4.78, 5) is 17.7. The van der Waals surface area contributed by atoms with E-state index in [0.29, 0.717) is 19.1 Å². The van der Waals surface area contributed by atoms with Gasteiger partial charge in [0.15, 0.2) is 5.65 Å². The molecule has 1 N–H and O–H groups in total. The average Bonchev–Trinajstić information content (AvgIpc) is 3.45. The van der Waals surface area contributed by atoms with E-state index in [4.69, 9.17) is 19.4 Å². The van der Waals surface area contributed by atoms with Crippen LogP contribution >= 0.6 is 0 Å². The molecule has 8 nitrogen and oxygen atoms in total. The number of ether oxygens (including phenoxy) is 2. The molecule has 0 saturated carbocycles. The fourth-order valence-electron chi connectivity index (χ4n) is 4.33. The zero-order valence-electron chi connectivity index (χ0n) is 17.9. The largest absolute Gasteiger partial charge is 0.383 e. The van der Waals surface area contributed by atoms with Gasteiger partial charge in [-0.1, -0.05) is 12.5 Å². The van der Waals surface area contributed by atoms with Crippen molar-refractivity contribution in [3.05, 3.63) is 36.5 Å². The van der Waals surface area contributed by atoms with E-state index in [1.165, 1.54) is 0 Å². The third-order valence-electron chi connectivity index (χ3n) is 6.01. The van der Waals surface area contributed by atoms with E-state index in [-0.39, 0.29) is 0 Å². The van der Waals surface area contributed by atoms with E-state index >= 15 is 0 Å². The molecule has 0 bridgehead atoms. The van der Waals surface area contributed by atoms with E-state index < -0.39 is 0 Å². The molecule has 0 amide bonds. The highest BCUT2D eigenvalue weighted by atomic mass is 16.5. The summed E-state index contributed by atoms with van der Waals surface area (Å²) in [5.41, 5.74) is 4.79. The van der Waals surface area contributed by atoms with Crippen LogP contribution in [0.1, 0.15) is 43.8 Å². The Morgan fingerprint density at radius 2 is 2.06 bits per heavy atom. The van der Waals surface area contributed by atoms with Crippen molar-refractivity contribution in [3.8, 4) is 11.3 Å². The molecule has 162 valence electrons. The number of nitrogens with one attached hydrogen (secondary N) is 1. The van der Waals surface area contributed by atoms with E-state index in [2.05, 4.69) is 27.2 Å². The Kier molecular flexibility index (Phi) is 5.90.